The van der Waals surface area contributed by atoms with E-state index in [-0.39, 0.29) is 5.54 Å². The van der Waals surface area contributed by atoms with Crippen LogP contribution in [0, 0.1) is 0 Å². The highest BCUT2D eigenvalue weighted by molar-refractivity contribution is 5.66. The van der Waals surface area contributed by atoms with Crippen molar-refractivity contribution >= 4 is 12.2 Å². The summed E-state index contributed by atoms with van der Waals surface area (Å²) in [6.07, 6.45) is 26.5. The average Bonchev–Trinajstić information content (AvgIpc) is 3.53. The first kappa shape index (κ1) is 26.5. The topological polar surface area (TPSA) is 27.6 Å². The van der Waals surface area contributed by atoms with Crippen molar-refractivity contribution in [2.24, 2.45) is 0 Å². The molecular weight excluding hydrogens is 446 g/mol. The molecule has 0 aliphatic heterocycles. The van der Waals surface area contributed by atoms with Crippen LogP contribution in [0.5, 0.6) is 0 Å². The van der Waals surface area contributed by atoms with Crippen molar-refractivity contribution in [2.45, 2.75) is 127 Å². The fourth-order valence-electron chi connectivity index (χ4n) is 7.68. The molecule has 3 atom stereocenters. The Balaban J connectivity index is 1.47. The molecule has 0 spiro atoms. The third kappa shape index (κ3) is 5.14. The van der Waals surface area contributed by atoms with Crippen LogP contribution in [0.2, 0.25) is 0 Å². The first-order valence-electron chi connectivity index (χ1n) is 15.5. The summed E-state index contributed by atoms with van der Waals surface area (Å²) < 4.78 is 0. The van der Waals surface area contributed by atoms with Gasteiger partial charge in [-0.05, 0) is 77.8 Å². The van der Waals surface area contributed by atoms with Gasteiger partial charge >= 0.3 is 0 Å². The second kappa shape index (κ2) is 11.3. The van der Waals surface area contributed by atoms with E-state index in [9.17, 15) is 0 Å². The Morgan fingerprint density at radius 2 is 1.32 bits per heavy atom. The largest absolute Gasteiger partial charge is 0.349 e. The van der Waals surface area contributed by atoms with Crippen LogP contribution in [0.25, 0.3) is 12.2 Å². The number of unbranched alkanes of at least 4 members (excludes halogenated alkanes) is 3. The molecule has 37 heavy (non-hydrogen) atoms. The van der Waals surface area contributed by atoms with Gasteiger partial charge in [0.25, 0.3) is 0 Å². The molecule has 0 saturated heterocycles. The van der Waals surface area contributed by atoms with Gasteiger partial charge in [0, 0.05) is 30.2 Å². The van der Waals surface area contributed by atoms with E-state index < -0.39 is 0 Å². The summed E-state index contributed by atoms with van der Waals surface area (Å²) in [5, 5.41) is 0. The summed E-state index contributed by atoms with van der Waals surface area (Å²) >= 11 is 0. The van der Waals surface area contributed by atoms with Gasteiger partial charge < -0.3 is 5.73 Å². The van der Waals surface area contributed by atoms with E-state index in [1.807, 2.05) is 0 Å². The lowest BCUT2D eigenvalue weighted by Crippen LogP contribution is -2.71. The number of quaternary nitrogens is 1. The molecule has 1 nitrogen and oxygen atoms in total. The number of allylic oxidation sites excluding steroid dienone is 2. The summed E-state index contributed by atoms with van der Waals surface area (Å²) in [7, 11) is 0. The fraction of sp³-hybridized carbons (Fsp3) is 0.556. The normalized spacial score (nSPS) is 24.8. The van der Waals surface area contributed by atoms with Crippen molar-refractivity contribution in [3.8, 4) is 0 Å². The molecule has 3 aliphatic carbocycles. The van der Waals surface area contributed by atoms with E-state index >= 15 is 0 Å². The van der Waals surface area contributed by atoms with Gasteiger partial charge in [-0.15, -0.1) is 0 Å². The van der Waals surface area contributed by atoms with Crippen LogP contribution in [-0.4, -0.2) is 0 Å². The fourth-order valence-corrected chi connectivity index (χ4v) is 7.68. The van der Waals surface area contributed by atoms with Gasteiger partial charge in [-0.1, -0.05) is 108 Å². The smallest absolute Gasteiger partial charge is 0.120 e. The molecule has 0 radical (unpaired) electrons. The van der Waals surface area contributed by atoms with Crippen molar-refractivity contribution in [1.29, 1.82) is 0 Å². The molecule has 3 N–H and O–H groups in total. The number of fused-ring (bicyclic) bond motifs is 3. The third-order valence-corrected chi connectivity index (χ3v) is 10.1. The molecule has 1 heteroatoms. The zero-order chi connectivity index (χ0) is 25.9. The van der Waals surface area contributed by atoms with Crippen LogP contribution in [0.4, 0.5) is 0 Å². The van der Waals surface area contributed by atoms with E-state index in [1.165, 1.54) is 100 Å². The van der Waals surface area contributed by atoms with Crippen LogP contribution in [0.3, 0.4) is 0 Å². The van der Waals surface area contributed by atoms with Crippen molar-refractivity contribution in [1.82, 2.24) is 0 Å². The molecule has 0 aromatic heterocycles. The molecule has 2 aromatic carbocycles. The molecule has 0 fully saturated rings. The van der Waals surface area contributed by atoms with Crippen LogP contribution >= 0.6 is 0 Å². The lowest BCUT2D eigenvalue weighted by molar-refractivity contribution is -0.495. The van der Waals surface area contributed by atoms with Crippen LogP contribution in [0.1, 0.15) is 149 Å². The average molecular weight is 497 g/mol. The maximum Gasteiger partial charge on any atom is 0.120 e. The standard InChI is InChI=1S/C36H49N/c1-4-7-20-35(21-8-5-2)23-24-36(37,22-9-6-3)34-25-30-19-18-29(32(30)26-33(34)35)17-16-28-15-14-27-12-10-11-13-31(27)28/h10-15,18-19,25-26,28-29H,4-9,16-17,20-24,37H2,1-3H3/p+1. The molecule has 2 aromatic rings. The van der Waals surface area contributed by atoms with E-state index in [2.05, 4.69) is 81.5 Å². The van der Waals surface area contributed by atoms with Gasteiger partial charge in [-0.3, -0.25) is 0 Å². The molecule has 198 valence electrons. The van der Waals surface area contributed by atoms with Crippen LogP contribution in [-0.2, 0) is 11.0 Å². The van der Waals surface area contributed by atoms with Gasteiger partial charge in [0.15, 0.2) is 0 Å². The van der Waals surface area contributed by atoms with Gasteiger partial charge in [-0.2, -0.15) is 0 Å². The van der Waals surface area contributed by atoms with Crippen molar-refractivity contribution in [3.05, 3.63) is 81.9 Å². The predicted octanol–water partition coefficient (Wildman–Crippen LogP) is 9.43. The number of hydrogen-bond acceptors (Lipinski definition) is 0. The lowest BCUT2D eigenvalue weighted by Gasteiger charge is -2.46. The minimum Gasteiger partial charge on any atom is -0.349 e. The Labute approximate surface area is 226 Å². The Morgan fingerprint density at radius 3 is 2.03 bits per heavy atom. The van der Waals surface area contributed by atoms with E-state index in [0.29, 0.717) is 17.3 Å². The van der Waals surface area contributed by atoms with Gasteiger partial charge in [0.1, 0.15) is 5.54 Å². The highest BCUT2D eigenvalue weighted by Crippen LogP contribution is 2.52. The Hall–Kier alpha value is -2.12. The summed E-state index contributed by atoms with van der Waals surface area (Å²) in [5.41, 5.74) is 14.7. The number of rotatable bonds is 12. The molecule has 0 heterocycles. The van der Waals surface area contributed by atoms with Crippen molar-refractivity contribution in [3.63, 3.8) is 0 Å². The number of hydrogen-bond donors (Lipinski definition) is 1. The summed E-state index contributed by atoms with van der Waals surface area (Å²) in [5.74, 6) is 1.12. The molecule has 5 rings (SSSR count). The summed E-state index contributed by atoms with van der Waals surface area (Å²) in [4.78, 5) is 0. The molecular formula is C36H50N+. The minimum atomic E-state index is 0.0899. The van der Waals surface area contributed by atoms with Crippen LogP contribution in [0.15, 0.2) is 48.6 Å². The molecule has 0 bridgehead atoms. The lowest BCUT2D eigenvalue weighted by atomic mass is 9.59. The van der Waals surface area contributed by atoms with Crippen molar-refractivity contribution < 1.29 is 5.73 Å². The van der Waals surface area contributed by atoms with Gasteiger partial charge in [0.05, 0.1) is 0 Å². The predicted molar refractivity (Wildman–Crippen MR) is 160 cm³/mol. The molecule has 3 unspecified atom stereocenters. The van der Waals surface area contributed by atoms with Crippen LogP contribution < -0.4 is 5.73 Å². The van der Waals surface area contributed by atoms with Gasteiger partial charge in [-0.25, -0.2) is 0 Å². The highest BCUT2D eigenvalue weighted by Gasteiger charge is 2.47. The zero-order valence-corrected chi connectivity index (χ0v) is 23.8. The molecule has 0 saturated carbocycles. The van der Waals surface area contributed by atoms with E-state index in [0.717, 1.165) is 0 Å². The Bertz CT molecular complexity index is 1130. The maximum absolute atomic E-state index is 4.96. The SMILES string of the molecule is CCCCC1([NH3+])CCC(CCCC)(CCCC)c2cc3c(cc21)C=CC3CCC1C=Cc2ccccc21. The van der Waals surface area contributed by atoms with Crippen molar-refractivity contribution in [2.75, 3.05) is 0 Å². The first-order chi connectivity index (χ1) is 18.0. The summed E-state index contributed by atoms with van der Waals surface area (Å²) in [6, 6.07) is 14.3. The van der Waals surface area contributed by atoms with Gasteiger partial charge in [0.2, 0.25) is 0 Å². The minimum absolute atomic E-state index is 0.0899. The second-order valence-corrected chi connectivity index (χ2v) is 12.5. The zero-order valence-electron chi connectivity index (χ0n) is 23.8. The first-order valence-corrected chi connectivity index (χ1v) is 15.5. The third-order valence-electron chi connectivity index (χ3n) is 10.1. The van der Waals surface area contributed by atoms with E-state index in [1.54, 1.807) is 16.7 Å². The highest BCUT2D eigenvalue weighted by atomic mass is 14.8. The number of benzene rings is 2. The Morgan fingerprint density at radius 1 is 0.703 bits per heavy atom. The monoisotopic (exact) mass is 496 g/mol. The summed E-state index contributed by atoms with van der Waals surface area (Å²) in [6.45, 7) is 7.05. The molecule has 3 aliphatic rings. The van der Waals surface area contributed by atoms with E-state index in [4.69, 9.17) is 5.73 Å². The maximum atomic E-state index is 4.96. The quantitative estimate of drug-likeness (QED) is 0.303. The molecule has 0 amide bonds. The Kier molecular flexibility index (Phi) is 8.10. The second-order valence-electron chi connectivity index (χ2n) is 12.5.